The third-order valence-electron chi connectivity index (χ3n) is 2.74. The van der Waals surface area contributed by atoms with Crippen LogP contribution in [0.1, 0.15) is 38.3 Å². The van der Waals surface area contributed by atoms with Crippen molar-refractivity contribution in [1.82, 2.24) is 10.6 Å². The Morgan fingerprint density at radius 1 is 1.17 bits per heavy atom. The molecule has 3 heteroatoms. The van der Waals surface area contributed by atoms with E-state index in [1.54, 1.807) is 0 Å². The fourth-order valence-electron chi connectivity index (χ4n) is 1.73. The molecule has 0 heterocycles. The number of benzene rings is 1. The molecule has 0 fully saturated rings. The minimum Gasteiger partial charge on any atom is -0.313 e. The molecule has 0 radical (unpaired) electrons. The molecular formula is C15H25BrN2. The summed E-state index contributed by atoms with van der Waals surface area (Å²) in [4.78, 5) is 0. The van der Waals surface area contributed by atoms with Crippen LogP contribution < -0.4 is 10.6 Å². The van der Waals surface area contributed by atoms with Gasteiger partial charge in [0.25, 0.3) is 0 Å². The number of hydrogen-bond acceptors (Lipinski definition) is 2. The van der Waals surface area contributed by atoms with E-state index >= 15 is 0 Å². The van der Waals surface area contributed by atoms with E-state index in [0.717, 1.165) is 26.1 Å². The van der Waals surface area contributed by atoms with Crippen LogP contribution in [-0.2, 0) is 6.54 Å². The van der Waals surface area contributed by atoms with Gasteiger partial charge in [-0.15, -0.1) is 0 Å². The standard InChI is InChI=1S/C15H25BrN2/c1-12-10-13(6-7-14(12)16)11-17-8-5-9-18-15(2,3)4/h6-7,10,17-18H,5,8-9,11H2,1-4H3. The van der Waals surface area contributed by atoms with Gasteiger partial charge in [0.1, 0.15) is 0 Å². The molecule has 0 atom stereocenters. The van der Waals surface area contributed by atoms with Crippen LogP contribution in [0.2, 0.25) is 0 Å². The molecular weight excluding hydrogens is 288 g/mol. The van der Waals surface area contributed by atoms with Crippen LogP contribution in [-0.4, -0.2) is 18.6 Å². The third-order valence-corrected chi connectivity index (χ3v) is 3.63. The lowest BCUT2D eigenvalue weighted by Gasteiger charge is -2.20. The molecule has 0 bridgehead atoms. The molecule has 18 heavy (non-hydrogen) atoms. The van der Waals surface area contributed by atoms with E-state index in [9.17, 15) is 0 Å². The highest BCUT2D eigenvalue weighted by Crippen LogP contribution is 2.16. The van der Waals surface area contributed by atoms with Crippen molar-refractivity contribution in [3.05, 3.63) is 33.8 Å². The molecule has 0 aliphatic carbocycles. The minimum absolute atomic E-state index is 0.225. The van der Waals surface area contributed by atoms with E-state index in [1.807, 2.05) is 0 Å². The van der Waals surface area contributed by atoms with Crippen molar-refractivity contribution >= 4 is 15.9 Å². The van der Waals surface area contributed by atoms with Crippen molar-refractivity contribution in [2.45, 2.75) is 46.2 Å². The van der Waals surface area contributed by atoms with Crippen LogP contribution in [0.25, 0.3) is 0 Å². The Morgan fingerprint density at radius 2 is 1.89 bits per heavy atom. The van der Waals surface area contributed by atoms with Gasteiger partial charge in [0.05, 0.1) is 0 Å². The van der Waals surface area contributed by atoms with Gasteiger partial charge in [0.2, 0.25) is 0 Å². The second-order valence-corrected chi connectivity index (χ2v) is 6.64. The highest BCUT2D eigenvalue weighted by Gasteiger charge is 2.06. The minimum atomic E-state index is 0.225. The van der Waals surface area contributed by atoms with Crippen LogP contribution in [0.5, 0.6) is 0 Å². The number of rotatable bonds is 6. The molecule has 102 valence electrons. The SMILES string of the molecule is Cc1cc(CNCCCNC(C)(C)C)ccc1Br. The molecule has 0 spiro atoms. The second kappa shape index (κ2) is 7.27. The summed E-state index contributed by atoms with van der Waals surface area (Å²) in [5, 5.41) is 6.97. The van der Waals surface area contributed by atoms with Crippen molar-refractivity contribution in [2.75, 3.05) is 13.1 Å². The van der Waals surface area contributed by atoms with Crippen LogP contribution in [0.3, 0.4) is 0 Å². The van der Waals surface area contributed by atoms with E-state index in [-0.39, 0.29) is 5.54 Å². The summed E-state index contributed by atoms with van der Waals surface area (Å²) in [6, 6.07) is 6.51. The molecule has 0 aliphatic heterocycles. The van der Waals surface area contributed by atoms with Gasteiger partial charge >= 0.3 is 0 Å². The van der Waals surface area contributed by atoms with E-state index < -0.39 is 0 Å². The van der Waals surface area contributed by atoms with E-state index in [4.69, 9.17) is 0 Å². The molecule has 1 rings (SSSR count). The maximum atomic E-state index is 3.52. The average Bonchev–Trinajstić information content (AvgIpc) is 2.26. The summed E-state index contributed by atoms with van der Waals surface area (Å²) >= 11 is 3.52. The normalized spacial score (nSPS) is 11.8. The summed E-state index contributed by atoms with van der Waals surface area (Å²) in [7, 11) is 0. The van der Waals surface area contributed by atoms with Crippen LogP contribution >= 0.6 is 15.9 Å². The Labute approximate surface area is 120 Å². The van der Waals surface area contributed by atoms with Crippen molar-refractivity contribution < 1.29 is 0 Å². The number of halogens is 1. The van der Waals surface area contributed by atoms with Crippen molar-refractivity contribution in [3.63, 3.8) is 0 Å². The highest BCUT2D eigenvalue weighted by molar-refractivity contribution is 9.10. The zero-order valence-corrected chi connectivity index (χ0v) is 13.5. The largest absolute Gasteiger partial charge is 0.313 e. The van der Waals surface area contributed by atoms with Gasteiger partial charge in [0.15, 0.2) is 0 Å². The van der Waals surface area contributed by atoms with Crippen molar-refractivity contribution in [3.8, 4) is 0 Å². The van der Waals surface area contributed by atoms with Gasteiger partial charge in [-0.05, 0) is 64.4 Å². The zero-order valence-electron chi connectivity index (χ0n) is 11.9. The molecule has 2 nitrogen and oxygen atoms in total. The fraction of sp³-hybridized carbons (Fsp3) is 0.600. The lowest BCUT2D eigenvalue weighted by atomic mass is 10.1. The summed E-state index contributed by atoms with van der Waals surface area (Å²) in [5.41, 5.74) is 2.87. The Balaban J connectivity index is 2.16. The Kier molecular flexibility index (Phi) is 6.33. The maximum absolute atomic E-state index is 3.52. The van der Waals surface area contributed by atoms with Gasteiger partial charge in [-0.25, -0.2) is 0 Å². The molecule has 0 aromatic heterocycles. The van der Waals surface area contributed by atoms with Gasteiger partial charge in [-0.1, -0.05) is 28.1 Å². The van der Waals surface area contributed by atoms with E-state index in [0.29, 0.717) is 0 Å². The molecule has 0 saturated heterocycles. The molecule has 0 aliphatic rings. The highest BCUT2D eigenvalue weighted by atomic mass is 79.9. The van der Waals surface area contributed by atoms with Crippen LogP contribution in [0.4, 0.5) is 0 Å². The Morgan fingerprint density at radius 3 is 2.50 bits per heavy atom. The second-order valence-electron chi connectivity index (χ2n) is 5.79. The number of hydrogen-bond donors (Lipinski definition) is 2. The number of aryl methyl sites for hydroxylation is 1. The Bertz CT molecular complexity index is 369. The van der Waals surface area contributed by atoms with E-state index in [1.165, 1.54) is 15.6 Å². The molecule has 0 saturated carbocycles. The fourth-order valence-corrected chi connectivity index (χ4v) is 1.97. The number of nitrogens with one attached hydrogen (secondary N) is 2. The Hall–Kier alpha value is -0.380. The first-order chi connectivity index (χ1) is 8.38. The molecule has 1 aromatic carbocycles. The third kappa shape index (κ3) is 6.53. The summed E-state index contributed by atoms with van der Waals surface area (Å²) in [5.74, 6) is 0. The van der Waals surface area contributed by atoms with Crippen molar-refractivity contribution in [2.24, 2.45) is 0 Å². The van der Waals surface area contributed by atoms with E-state index in [2.05, 4.69) is 72.5 Å². The van der Waals surface area contributed by atoms with Crippen LogP contribution in [0.15, 0.2) is 22.7 Å². The average molecular weight is 313 g/mol. The monoisotopic (exact) mass is 312 g/mol. The van der Waals surface area contributed by atoms with Gasteiger partial charge in [0, 0.05) is 16.6 Å². The summed E-state index contributed by atoms with van der Waals surface area (Å²) in [6.07, 6.45) is 1.16. The van der Waals surface area contributed by atoms with Crippen molar-refractivity contribution in [1.29, 1.82) is 0 Å². The molecule has 0 unspecified atom stereocenters. The predicted molar refractivity (Wildman–Crippen MR) is 83.0 cm³/mol. The summed E-state index contributed by atoms with van der Waals surface area (Å²) in [6.45, 7) is 11.8. The molecule has 0 amide bonds. The van der Waals surface area contributed by atoms with Crippen LogP contribution in [0, 0.1) is 6.92 Å². The van der Waals surface area contributed by atoms with Gasteiger partial charge in [-0.2, -0.15) is 0 Å². The first-order valence-corrected chi connectivity index (χ1v) is 7.38. The first kappa shape index (κ1) is 15.7. The lowest BCUT2D eigenvalue weighted by molar-refractivity contribution is 0.418. The quantitative estimate of drug-likeness (QED) is 0.784. The van der Waals surface area contributed by atoms with Gasteiger partial charge < -0.3 is 10.6 Å². The van der Waals surface area contributed by atoms with Gasteiger partial charge in [-0.3, -0.25) is 0 Å². The predicted octanol–water partition coefficient (Wildman–Crippen LogP) is 3.63. The lowest BCUT2D eigenvalue weighted by Crippen LogP contribution is -2.37. The first-order valence-electron chi connectivity index (χ1n) is 6.59. The smallest absolute Gasteiger partial charge is 0.0205 e. The molecule has 2 N–H and O–H groups in total. The summed E-state index contributed by atoms with van der Waals surface area (Å²) < 4.78 is 1.18. The topological polar surface area (TPSA) is 24.1 Å². The zero-order chi connectivity index (χ0) is 13.6. The molecule has 1 aromatic rings. The maximum Gasteiger partial charge on any atom is 0.0205 e.